The molecule has 0 unspecified atom stereocenters. The summed E-state index contributed by atoms with van der Waals surface area (Å²) in [4.78, 5) is 57.4. The number of imide groups is 1. The molecule has 7 nitrogen and oxygen atoms in total. The number of likely N-dealkylation sites (tertiary alicyclic amines) is 1. The number of hydrogen-bond donors (Lipinski definition) is 1. The quantitative estimate of drug-likeness (QED) is 0.523. The van der Waals surface area contributed by atoms with Gasteiger partial charge in [-0.3, -0.25) is 24.1 Å². The standard InChI is InChI=1S/C22H22N2O5S3/c1-8(2)29-12(25)7-24-20(26)14-9-6-10(15(14)21(24)27)17-13(9)16(11-4-3-5-30-11)18-19(31-17)23-22(28)32-18/h3-5,8-10,13-17H,6-7H2,1-2H3,(H,23,28)/t9-,10-,13-,14+,15-,16-,17+/m0/s1. The number of thiophene rings is 1. The van der Waals surface area contributed by atoms with Crippen molar-refractivity contribution in [2.24, 2.45) is 29.6 Å². The number of nitrogens with zero attached hydrogens (tertiary/aromatic N) is 1. The molecule has 2 bridgehead atoms. The molecule has 2 amide bonds. The minimum absolute atomic E-state index is 0.0569. The minimum atomic E-state index is -0.544. The lowest BCUT2D eigenvalue weighted by Gasteiger charge is -2.42. The average Bonchev–Trinajstić information content (AvgIpc) is 3.52. The van der Waals surface area contributed by atoms with E-state index in [1.165, 1.54) is 16.2 Å². The number of aromatic amines is 1. The molecule has 2 saturated carbocycles. The highest BCUT2D eigenvalue weighted by molar-refractivity contribution is 8.00. The Morgan fingerprint density at radius 3 is 2.66 bits per heavy atom. The van der Waals surface area contributed by atoms with Gasteiger partial charge in [-0.05, 0) is 49.5 Å². The van der Waals surface area contributed by atoms with Gasteiger partial charge >= 0.3 is 10.8 Å². The minimum Gasteiger partial charge on any atom is -0.462 e. The summed E-state index contributed by atoms with van der Waals surface area (Å²) in [5, 5.41) is 3.13. The molecule has 3 fully saturated rings. The molecule has 2 aromatic rings. The molecule has 2 aliphatic heterocycles. The van der Waals surface area contributed by atoms with E-state index in [0.717, 1.165) is 21.2 Å². The Morgan fingerprint density at radius 1 is 1.22 bits per heavy atom. The van der Waals surface area contributed by atoms with Crippen molar-refractivity contribution in [3.63, 3.8) is 0 Å². The number of carbonyl (C=O) groups is 3. The first kappa shape index (κ1) is 20.7. The number of nitrogens with one attached hydrogen (secondary N) is 1. The van der Waals surface area contributed by atoms with E-state index in [4.69, 9.17) is 4.74 Å². The summed E-state index contributed by atoms with van der Waals surface area (Å²) in [6, 6.07) is 4.13. The van der Waals surface area contributed by atoms with Crippen LogP contribution >= 0.6 is 34.4 Å². The summed E-state index contributed by atoms with van der Waals surface area (Å²) >= 11 is 4.62. The molecule has 6 rings (SSSR count). The van der Waals surface area contributed by atoms with Crippen molar-refractivity contribution in [3.8, 4) is 0 Å². The number of aromatic nitrogens is 1. The van der Waals surface area contributed by atoms with Crippen molar-refractivity contribution < 1.29 is 19.1 Å². The number of hydrogen-bond acceptors (Lipinski definition) is 8. The molecule has 7 atom stereocenters. The van der Waals surface area contributed by atoms with Gasteiger partial charge in [0, 0.05) is 20.9 Å². The third kappa shape index (κ3) is 2.85. The second-order valence-corrected chi connectivity index (χ2v) is 12.5. The second-order valence-electron chi connectivity index (χ2n) is 9.28. The fraction of sp³-hybridized carbons (Fsp3) is 0.545. The maximum atomic E-state index is 13.4. The molecule has 2 aliphatic carbocycles. The van der Waals surface area contributed by atoms with Gasteiger partial charge in [-0.2, -0.15) is 0 Å². The highest BCUT2D eigenvalue weighted by Crippen LogP contribution is 2.68. The Balaban J connectivity index is 1.36. The largest absolute Gasteiger partial charge is 0.462 e. The number of ether oxygens (including phenoxy) is 1. The van der Waals surface area contributed by atoms with Crippen molar-refractivity contribution in [2.75, 3.05) is 6.54 Å². The zero-order valence-electron chi connectivity index (χ0n) is 17.5. The van der Waals surface area contributed by atoms with Gasteiger partial charge in [0.15, 0.2) is 0 Å². The average molecular weight is 491 g/mol. The first-order valence-corrected chi connectivity index (χ1v) is 13.4. The van der Waals surface area contributed by atoms with Crippen molar-refractivity contribution in [3.05, 3.63) is 36.9 Å². The number of amides is 2. The number of thiazole rings is 1. The van der Waals surface area contributed by atoms with Crippen molar-refractivity contribution in [2.45, 2.75) is 42.6 Å². The fourth-order valence-electron chi connectivity index (χ4n) is 6.45. The Morgan fingerprint density at radius 2 is 1.97 bits per heavy atom. The molecule has 10 heteroatoms. The normalized spacial score (nSPS) is 34.7. The van der Waals surface area contributed by atoms with Crippen LogP contribution in [0.25, 0.3) is 0 Å². The van der Waals surface area contributed by atoms with E-state index in [0.29, 0.717) is 0 Å². The van der Waals surface area contributed by atoms with Crippen LogP contribution in [0.1, 0.15) is 35.9 Å². The summed E-state index contributed by atoms with van der Waals surface area (Å²) in [5.74, 6) is -1.34. The molecule has 1 N–H and O–H groups in total. The van der Waals surface area contributed by atoms with E-state index in [2.05, 4.69) is 11.1 Å². The number of esters is 1. The summed E-state index contributed by atoms with van der Waals surface area (Å²) in [6.07, 6.45) is 0.554. The molecule has 0 spiro atoms. The van der Waals surface area contributed by atoms with Gasteiger partial charge in [0.2, 0.25) is 11.8 Å². The number of rotatable bonds is 4. The fourth-order valence-corrected chi connectivity index (χ4v) is 10.3. The third-order valence-corrected chi connectivity index (χ3v) is 10.9. The molecule has 0 radical (unpaired) electrons. The monoisotopic (exact) mass is 490 g/mol. The Kier molecular flexibility index (Phi) is 4.71. The number of H-pyrrole nitrogens is 1. The number of carbonyl (C=O) groups excluding carboxylic acids is 3. The van der Waals surface area contributed by atoms with Crippen LogP contribution in [-0.2, 0) is 19.1 Å². The Bertz CT molecular complexity index is 1170. The SMILES string of the molecule is CC(C)OC(=O)CN1C(=O)[C@@H]2[C@H]3C[C@H]([C@H]4Sc5[nH]c(=O)sc5[C@@H](c5cccs5)[C@H]34)[C@@H]2C1=O. The van der Waals surface area contributed by atoms with Crippen LogP contribution in [0.3, 0.4) is 0 Å². The molecule has 1 saturated heterocycles. The van der Waals surface area contributed by atoms with E-state index in [9.17, 15) is 19.2 Å². The second kappa shape index (κ2) is 7.30. The van der Waals surface area contributed by atoms with Crippen LogP contribution in [0.4, 0.5) is 0 Å². The molecule has 0 aromatic carbocycles. The van der Waals surface area contributed by atoms with Crippen LogP contribution in [-0.4, -0.2) is 45.6 Å². The van der Waals surface area contributed by atoms with Gasteiger partial charge in [0.25, 0.3) is 0 Å². The van der Waals surface area contributed by atoms with Crippen LogP contribution in [0.2, 0.25) is 0 Å². The van der Waals surface area contributed by atoms with Crippen LogP contribution in [0.5, 0.6) is 0 Å². The van der Waals surface area contributed by atoms with E-state index in [1.54, 1.807) is 36.9 Å². The maximum Gasteiger partial charge on any atom is 0.326 e. The molecule has 168 valence electrons. The zero-order chi connectivity index (χ0) is 22.3. The lowest BCUT2D eigenvalue weighted by Crippen LogP contribution is -2.42. The Hall–Kier alpha value is -1.91. The van der Waals surface area contributed by atoms with Gasteiger partial charge in [-0.25, -0.2) is 0 Å². The topological polar surface area (TPSA) is 96.5 Å². The summed E-state index contributed by atoms with van der Waals surface area (Å²) < 4.78 is 5.18. The Labute approximate surface area is 196 Å². The first-order valence-electron chi connectivity index (χ1n) is 10.8. The lowest BCUT2D eigenvalue weighted by molar-refractivity contribution is -0.155. The van der Waals surface area contributed by atoms with Crippen LogP contribution < -0.4 is 4.87 Å². The van der Waals surface area contributed by atoms with E-state index in [1.807, 2.05) is 11.4 Å². The molecule has 32 heavy (non-hydrogen) atoms. The predicted molar refractivity (Wildman–Crippen MR) is 121 cm³/mol. The van der Waals surface area contributed by atoms with Crippen molar-refractivity contribution in [1.82, 2.24) is 9.88 Å². The zero-order valence-corrected chi connectivity index (χ0v) is 19.9. The molecule has 2 aromatic heterocycles. The summed E-state index contributed by atoms with van der Waals surface area (Å²) in [5.41, 5.74) is 0. The summed E-state index contributed by atoms with van der Waals surface area (Å²) in [7, 11) is 0. The van der Waals surface area contributed by atoms with E-state index >= 15 is 0 Å². The van der Waals surface area contributed by atoms with E-state index in [-0.39, 0.29) is 70.1 Å². The first-order chi connectivity index (χ1) is 15.3. The van der Waals surface area contributed by atoms with Gasteiger partial charge < -0.3 is 9.72 Å². The molecular weight excluding hydrogens is 468 g/mol. The van der Waals surface area contributed by atoms with E-state index < -0.39 is 5.97 Å². The van der Waals surface area contributed by atoms with Gasteiger partial charge in [0.1, 0.15) is 6.54 Å². The predicted octanol–water partition coefficient (Wildman–Crippen LogP) is 2.92. The maximum absolute atomic E-state index is 13.4. The van der Waals surface area contributed by atoms with Crippen LogP contribution in [0.15, 0.2) is 27.3 Å². The van der Waals surface area contributed by atoms with Crippen molar-refractivity contribution in [1.29, 1.82) is 0 Å². The smallest absolute Gasteiger partial charge is 0.326 e. The van der Waals surface area contributed by atoms with Gasteiger partial charge in [-0.1, -0.05) is 17.4 Å². The van der Waals surface area contributed by atoms with Crippen molar-refractivity contribution >= 4 is 52.2 Å². The lowest BCUT2D eigenvalue weighted by atomic mass is 9.69. The third-order valence-electron chi connectivity index (χ3n) is 7.32. The number of thioether (sulfide) groups is 1. The molecule has 4 heterocycles. The summed E-state index contributed by atoms with van der Waals surface area (Å²) in [6.45, 7) is 3.19. The highest BCUT2D eigenvalue weighted by Gasteiger charge is 2.69. The van der Waals surface area contributed by atoms with Crippen LogP contribution in [0, 0.1) is 29.6 Å². The van der Waals surface area contributed by atoms with Gasteiger partial charge in [-0.15, -0.1) is 23.1 Å². The molecule has 4 aliphatic rings. The highest BCUT2D eigenvalue weighted by atomic mass is 32.2. The molecular formula is C22H22N2O5S3. The number of fused-ring (bicyclic) bond motifs is 9. The van der Waals surface area contributed by atoms with Gasteiger partial charge in [0.05, 0.1) is 23.0 Å².